The predicted octanol–water partition coefficient (Wildman–Crippen LogP) is 0.0368. The van der Waals surface area contributed by atoms with Crippen molar-refractivity contribution in [1.82, 2.24) is 14.7 Å². The van der Waals surface area contributed by atoms with Gasteiger partial charge in [-0.1, -0.05) is 5.16 Å². The lowest BCUT2D eigenvalue weighted by Gasteiger charge is -2.50. The van der Waals surface area contributed by atoms with Gasteiger partial charge in [-0.15, -0.1) is 20.3 Å². The standard InChI is InChI=1S/C25H31N7O10S2/c1-25(2)16(22(34)32(25)42-44(37,38)39)10-19(33)21(17-13-43-24(27)28-17)29-41-20(23(35)36)12-40-15-5-6-18-14(9-15)11-30(3)31(18)8-4-7-26/h5-6,9,11,13,16,20H,4,7-8,10,12,26H2,1-3H3,(H3-,27,28,35,36,37,38,39)/p+1/b29-21-/t16-,20-/m1/s1. The third-order valence-corrected chi connectivity index (χ3v) is 7.98. The number of nitrogen functional groups attached to an aromatic ring is 1. The summed E-state index contributed by atoms with van der Waals surface area (Å²) in [5.74, 6) is -3.77. The summed E-state index contributed by atoms with van der Waals surface area (Å²) >= 11 is 0.989. The molecule has 1 aliphatic rings. The number of thiazole rings is 1. The lowest BCUT2D eigenvalue weighted by Crippen LogP contribution is -2.68. The van der Waals surface area contributed by atoms with Gasteiger partial charge in [-0.25, -0.2) is 9.78 Å². The van der Waals surface area contributed by atoms with Crippen LogP contribution in [-0.2, 0) is 47.5 Å². The summed E-state index contributed by atoms with van der Waals surface area (Å²) in [4.78, 5) is 47.1. The third kappa shape index (κ3) is 7.13. The Morgan fingerprint density at radius 3 is 2.64 bits per heavy atom. The van der Waals surface area contributed by atoms with Crippen LogP contribution in [0.25, 0.3) is 10.9 Å². The number of carbonyl (C=O) groups excluding carboxylic acids is 2. The number of β-lactam (4-membered cyclic amide) rings is 1. The van der Waals surface area contributed by atoms with Crippen molar-refractivity contribution in [2.45, 2.75) is 44.9 Å². The number of hydroxylamine groups is 2. The molecule has 3 heterocycles. The zero-order valence-electron chi connectivity index (χ0n) is 23.9. The molecule has 238 valence electrons. The Morgan fingerprint density at radius 1 is 1.32 bits per heavy atom. The van der Waals surface area contributed by atoms with E-state index >= 15 is 0 Å². The second-order valence-electron chi connectivity index (χ2n) is 10.4. The van der Waals surface area contributed by atoms with Crippen LogP contribution in [0.3, 0.4) is 0 Å². The van der Waals surface area contributed by atoms with Crippen LogP contribution in [0.1, 0.15) is 32.4 Å². The summed E-state index contributed by atoms with van der Waals surface area (Å²) in [6.07, 6.45) is 0.554. The summed E-state index contributed by atoms with van der Waals surface area (Å²) in [7, 11) is -3.09. The molecule has 1 aromatic carbocycles. The number of carboxylic acids is 1. The zero-order valence-corrected chi connectivity index (χ0v) is 25.6. The number of rotatable bonds is 15. The fourth-order valence-corrected chi connectivity index (χ4v) is 5.64. The smallest absolute Gasteiger partial charge is 0.418 e. The van der Waals surface area contributed by atoms with Crippen molar-refractivity contribution in [3.63, 3.8) is 0 Å². The van der Waals surface area contributed by atoms with Crippen LogP contribution in [0.2, 0.25) is 0 Å². The number of benzene rings is 1. The van der Waals surface area contributed by atoms with E-state index in [1.165, 1.54) is 19.2 Å². The van der Waals surface area contributed by atoms with Crippen molar-refractivity contribution >= 4 is 61.1 Å². The number of carbonyl (C=O) groups is 3. The molecule has 17 nitrogen and oxygen atoms in total. The summed E-state index contributed by atoms with van der Waals surface area (Å²) < 4.78 is 45.1. The second-order valence-corrected chi connectivity index (χ2v) is 12.3. The molecule has 1 fully saturated rings. The fraction of sp³-hybridized carbons (Fsp3) is 0.440. The largest absolute Gasteiger partial charge is 0.489 e. The Balaban J connectivity index is 1.49. The van der Waals surface area contributed by atoms with E-state index in [9.17, 15) is 27.9 Å². The Bertz CT molecular complexity index is 1720. The summed E-state index contributed by atoms with van der Waals surface area (Å²) in [5.41, 5.74) is 10.5. The molecule has 1 amide bonds. The third-order valence-electron chi connectivity index (χ3n) is 6.97. The van der Waals surface area contributed by atoms with Crippen molar-refractivity contribution in [2.75, 3.05) is 18.9 Å². The molecule has 0 spiro atoms. The maximum atomic E-state index is 13.3. The first-order chi connectivity index (χ1) is 20.6. The number of nitrogens with zero attached hydrogens (tertiary/aromatic N) is 5. The quantitative estimate of drug-likeness (QED) is 0.0557. The van der Waals surface area contributed by atoms with Gasteiger partial charge in [0.15, 0.2) is 23.7 Å². The minimum Gasteiger partial charge on any atom is -0.489 e. The van der Waals surface area contributed by atoms with E-state index in [2.05, 4.69) is 14.4 Å². The van der Waals surface area contributed by atoms with Gasteiger partial charge in [0.2, 0.25) is 6.20 Å². The normalized spacial score (nSPS) is 17.4. The van der Waals surface area contributed by atoms with Crippen molar-refractivity contribution in [2.24, 2.45) is 23.9 Å². The van der Waals surface area contributed by atoms with E-state index in [4.69, 9.17) is 25.6 Å². The minimum atomic E-state index is -4.98. The number of ether oxygens (including phenoxy) is 1. The van der Waals surface area contributed by atoms with Crippen molar-refractivity contribution in [3.05, 3.63) is 35.5 Å². The van der Waals surface area contributed by atoms with Gasteiger partial charge in [-0.2, -0.15) is 18.2 Å². The number of hydrogen-bond donors (Lipinski definition) is 4. The van der Waals surface area contributed by atoms with Crippen molar-refractivity contribution in [3.8, 4) is 5.75 Å². The maximum Gasteiger partial charge on any atom is 0.418 e. The number of carboxylic acid groups (broad SMARTS) is 1. The number of aromatic nitrogens is 3. The molecule has 19 heteroatoms. The average Bonchev–Trinajstić information content (AvgIpc) is 3.51. The monoisotopic (exact) mass is 654 g/mol. The molecule has 1 saturated heterocycles. The number of Topliss-reactive ketones (excluding diaryl/α,β-unsaturated/α-hetero) is 1. The van der Waals surface area contributed by atoms with Gasteiger partial charge in [0, 0.05) is 11.8 Å². The fourth-order valence-electron chi connectivity index (χ4n) is 4.64. The van der Waals surface area contributed by atoms with E-state index in [0.29, 0.717) is 17.4 Å². The second kappa shape index (κ2) is 12.8. The van der Waals surface area contributed by atoms with Crippen LogP contribution in [0.15, 0.2) is 34.9 Å². The molecule has 44 heavy (non-hydrogen) atoms. The van der Waals surface area contributed by atoms with E-state index < -0.39 is 64.4 Å². The molecule has 0 bridgehead atoms. The van der Waals surface area contributed by atoms with Gasteiger partial charge in [-0.3, -0.25) is 14.1 Å². The van der Waals surface area contributed by atoms with Crippen LogP contribution >= 0.6 is 11.3 Å². The first-order valence-electron chi connectivity index (χ1n) is 13.2. The molecular weight excluding hydrogens is 622 g/mol. The van der Waals surface area contributed by atoms with E-state index in [1.54, 1.807) is 12.1 Å². The molecule has 1 aliphatic heterocycles. The number of fused-ring (bicyclic) bond motifs is 1. The van der Waals surface area contributed by atoms with Crippen LogP contribution in [-0.4, -0.2) is 81.0 Å². The maximum absolute atomic E-state index is 13.3. The van der Waals surface area contributed by atoms with Gasteiger partial charge in [-0.05, 0) is 45.0 Å². The topological polar surface area (TPSA) is 243 Å². The van der Waals surface area contributed by atoms with Gasteiger partial charge < -0.3 is 26.1 Å². The molecule has 0 unspecified atom stereocenters. The number of aliphatic carboxylic acids is 1. The van der Waals surface area contributed by atoms with Gasteiger partial charge in [0.1, 0.15) is 23.6 Å². The first-order valence-corrected chi connectivity index (χ1v) is 15.4. The highest BCUT2D eigenvalue weighted by atomic mass is 32.3. The molecule has 2 atom stereocenters. The number of nitrogens with two attached hydrogens (primary N) is 2. The van der Waals surface area contributed by atoms with Gasteiger partial charge in [0.25, 0.3) is 12.0 Å². The van der Waals surface area contributed by atoms with Gasteiger partial charge in [0.05, 0.1) is 23.4 Å². The SMILES string of the molecule is C[n+]1cc2cc(OC[C@@H](O/N=C(\C(=O)C[C@@H]3C(=O)N(OS(=O)(=O)O)C3(C)C)c3csc(N)n3)C(=O)O)ccc2n1CCCN. The van der Waals surface area contributed by atoms with Crippen molar-refractivity contribution in [1.29, 1.82) is 0 Å². The molecular formula is C25H32N7O10S2+. The Hall–Kier alpha value is -4.17. The minimum absolute atomic E-state index is 0.0179. The highest BCUT2D eigenvalue weighted by Crippen LogP contribution is 2.40. The molecule has 2 aromatic heterocycles. The Labute approximate surface area is 255 Å². The molecule has 3 aromatic rings. The molecule has 4 rings (SSSR count). The van der Waals surface area contributed by atoms with Gasteiger partial charge >= 0.3 is 16.4 Å². The van der Waals surface area contributed by atoms with Crippen LogP contribution < -0.4 is 20.9 Å². The lowest BCUT2D eigenvalue weighted by atomic mass is 9.74. The number of aryl methyl sites for hydroxylation is 2. The summed E-state index contributed by atoms with van der Waals surface area (Å²) in [6.45, 7) is 3.65. The Kier molecular flexibility index (Phi) is 9.54. The van der Waals surface area contributed by atoms with Crippen molar-refractivity contribution < 1.29 is 51.0 Å². The lowest BCUT2D eigenvalue weighted by molar-refractivity contribution is -0.751. The highest BCUT2D eigenvalue weighted by Gasteiger charge is 2.57. The number of hydrogen-bond acceptors (Lipinski definition) is 13. The molecule has 0 aliphatic carbocycles. The summed E-state index contributed by atoms with van der Waals surface area (Å²) in [5, 5.41) is 16.3. The van der Waals surface area contributed by atoms with E-state index in [-0.39, 0.29) is 10.8 Å². The number of ketones is 1. The molecule has 6 N–H and O–H groups in total. The van der Waals surface area contributed by atoms with E-state index in [1.807, 2.05) is 28.7 Å². The van der Waals surface area contributed by atoms with Crippen LogP contribution in [0, 0.1) is 5.92 Å². The first kappa shape index (κ1) is 32.7. The average molecular weight is 655 g/mol. The van der Waals surface area contributed by atoms with Crippen LogP contribution in [0.5, 0.6) is 5.75 Å². The van der Waals surface area contributed by atoms with Crippen LogP contribution in [0.4, 0.5) is 5.13 Å². The number of oxime groups is 1. The predicted molar refractivity (Wildman–Crippen MR) is 155 cm³/mol. The Morgan fingerprint density at radius 2 is 2.05 bits per heavy atom. The highest BCUT2D eigenvalue weighted by molar-refractivity contribution is 7.80. The molecule has 0 radical (unpaired) electrons. The number of anilines is 1. The summed E-state index contributed by atoms with van der Waals surface area (Å²) in [6, 6.07) is 5.27. The van der Waals surface area contributed by atoms with E-state index in [0.717, 1.165) is 35.2 Å². The number of amides is 1. The molecule has 0 saturated carbocycles. The zero-order chi connectivity index (χ0) is 32.4.